The summed E-state index contributed by atoms with van der Waals surface area (Å²) in [5.41, 5.74) is 3.11. The quantitative estimate of drug-likeness (QED) is 0.590. The van der Waals surface area contributed by atoms with Gasteiger partial charge in [0, 0.05) is 11.8 Å². The van der Waals surface area contributed by atoms with Gasteiger partial charge in [-0.05, 0) is 46.7 Å². The summed E-state index contributed by atoms with van der Waals surface area (Å²) in [4.78, 5) is 25.4. The first kappa shape index (κ1) is 15.7. The Morgan fingerprint density at radius 2 is 1.92 bits per heavy atom. The van der Waals surface area contributed by atoms with E-state index in [1.807, 2.05) is 43.3 Å². The molecule has 0 fully saturated rings. The minimum atomic E-state index is -0.582. The minimum absolute atomic E-state index is 0.00310. The Labute approximate surface area is 147 Å². The maximum atomic E-state index is 12.8. The van der Waals surface area contributed by atoms with Gasteiger partial charge in [-0.2, -0.15) is 0 Å². The Morgan fingerprint density at radius 1 is 1.12 bits per heavy atom. The number of rotatable bonds is 3. The Hall–Kier alpha value is -3.81. The molecule has 0 unspecified atom stereocenters. The summed E-state index contributed by atoms with van der Waals surface area (Å²) >= 11 is 0. The largest absolute Gasteiger partial charge is 0.289 e. The Balaban J connectivity index is 1.95. The third-order valence-electron chi connectivity index (χ3n) is 4.13. The Kier molecular flexibility index (Phi) is 3.77. The summed E-state index contributed by atoms with van der Waals surface area (Å²) in [7, 11) is 0. The van der Waals surface area contributed by atoms with Crippen molar-refractivity contribution in [3.05, 3.63) is 76.2 Å². The molecule has 0 aliphatic rings. The van der Waals surface area contributed by atoms with Crippen LogP contribution in [0.3, 0.4) is 0 Å². The lowest BCUT2D eigenvalue weighted by molar-refractivity contribution is 0.102. The van der Waals surface area contributed by atoms with Gasteiger partial charge in [0.15, 0.2) is 0 Å². The first-order chi connectivity index (χ1) is 12.6. The summed E-state index contributed by atoms with van der Waals surface area (Å²) < 4.78 is 1.47. The van der Waals surface area contributed by atoms with E-state index < -0.39 is 11.5 Å². The van der Waals surface area contributed by atoms with Crippen molar-refractivity contribution in [1.29, 1.82) is 0 Å². The van der Waals surface area contributed by atoms with Crippen LogP contribution in [0, 0.1) is 6.92 Å². The number of fused-ring (bicyclic) bond motifs is 1. The molecule has 1 aromatic carbocycles. The molecule has 8 nitrogen and oxygen atoms in total. The number of aromatic amines is 1. The molecule has 4 aromatic rings. The lowest BCUT2D eigenvalue weighted by Crippen LogP contribution is -2.26. The SMILES string of the molecule is Cc1ccccc1-c1cc(C(=O)Nc2nnn[nH]2)c(=O)n2ccccc12. The highest BCUT2D eigenvalue weighted by atomic mass is 16.2. The fourth-order valence-corrected chi connectivity index (χ4v) is 2.89. The van der Waals surface area contributed by atoms with Crippen molar-refractivity contribution >= 4 is 17.4 Å². The highest BCUT2D eigenvalue weighted by Crippen LogP contribution is 2.27. The number of benzene rings is 1. The van der Waals surface area contributed by atoms with Crippen molar-refractivity contribution in [2.24, 2.45) is 0 Å². The molecule has 0 saturated heterocycles. The van der Waals surface area contributed by atoms with E-state index >= 15 is 0 Å². The molecule has 0 spiro atoms. The van der Waals surface area contributed by atoms with Crippen LogP contribution in [0.2, 0.25) is 0 Å². The highest BCUT2D eigenvalue weighted by molar-refractivity contribution is 6.04. The molecule has 8 heteroatoms. The van der Waals surface area contributed by atoms with Crippen molar-refractivity contribution in [2.75, 3.05) is 5.32 Å². The zero-order chi connectivity index (χ0) is 18.1. The molecule has 0 saturated carbocycles. The maximum absolute atomic E-state index is 12.8. The molecule has 0 bridgehead atoms. The predicted molar refractivity (Wildman–Crippen MR) is 96.0 cm³/mol. The molecule has 26 heavy (non-hydrogen) atoms. The topological polar surface area (TPSA) is 105 Å². The van der Waals surface area contributed by atoms with Gasteiger partial charge in [-0.3, -0.25) is 19.3 Å². The van der Waals surface area contributed by atoms with E-state index in [0.717, 1.165) is 22.2 Å². The summed E-state index contributed by atoms with van der Waals surface area (Å²) in [5.74, 6) is -0.508. The van der Waals surface area contributed by atoms with Crippen LogP contribution in [0.4, 0.5) is 5.95 Å². The molecule has 0 atom stereocenters. The average Bonchev–Trinajstić information content (AvgIpc) is 3.16. The van der Waals surface area contributed by atoms with Crippen molar-refractivity contribution in [3.63, 3.8) is 0 Å². The molecule has 0 aliphatic carbocycles. The molecule has 2 N–H and O–H groups in total. The van der Waals surface area contributed by atoms with Gasteiger partial charge in [0.05, 0.1) is 5.52 Å². The van der Waals surface area contributed by atoms with Crippen molar-refractivity contribution in [2.45, 2.75) is 6.92 Å². The van der Waals surface area contributed by atoms with Gasteiger partial charge in [-0.15, -0.1) is 0 Å². The molecular formula is C18H14N6O2. The van der Waals surface area contributed by atoms with E-state index in [1.165, 1.54) is 4.40 Å². The van der Waals surface area contributed by atoms with Crippen LogP contribution < -0.4 is 10.9 Å². The van der Waals surface area contributed by atoms with Crippen LogP contribution >= 0.6 is 0 Å². The second kappa shape index (κ2) is 6.25. The normalized spacial score (nSPS) is 10.8. The first-order valence-electron chi connectivity index (χ1n) is 7.90. The minimum Gasteiger partial charge on any atom is -0.289 e. The van der Waals surface area contributed by atoms with Crippen molar-refractivity contribution in [3.8, 4) is 11.1 Å². The zero-order valence-corrected chi connectivity index (χ0v) is 13.8. The number of aryl methyl sites for hydroxylation is 1. The number of tetrazole rings is 1. The number of hydrogen-bond donors (Lipinski definition) is 2. The molecule has 3 heterocycles. The van der Waals surface area contributed by atoms with E-state index in [-0.39, 0.29) is 11.5 Å². The number of anilines is 1. The highest BCUT2D eigenvalue weighted by Gasteiger charge is 2.18. The van der Waals surface area contributed by atoms with E-state index in [0.29, 0.717) is 0 Å². The molecule has 0 aliphatic heterocycles. The predicted octanol–water partition coefficient (Wildman–Crippen LogP) is 2.04. The standard InChI is InChI=1S/C18H14N6O2/c1-11-6-2-3-7-12(11)13-10-14(16(25)19-18-20-22-23-21-18)17(26)24-9-5-4-8-15(13)24/h2-10H,1H3,(H2,19,20,21,22,23,25). The molecular weight excluding hydrogens is 332 g/mol. The maximum Gasteiger partial charge on any atom is 0.267 e. The lowest BCUT2D eigenvalue weighted by Gasteiger charge is -2.12. The second-order valence-corrected chi connectivity index (χ2v) is 5.75. The number of nitrogens with one attached hydrogen (secondary N) is 2. The summed E-state index contributed by atoms with van der Waals surface area (Å²) in [6, 6.07) is 14.9. The number of nitrogens with zero attached hydrogens (tertiary/aromatic N) is 4. The van der Waals surface area contributed by atoms with Gasteiger partial charge in [0.25, 0.3) is 11.5 Å². The first-order valence-corrected chi connectivity index (χ1v) is 7.90. The summed E-state index contributed by atoms with van der Waals surface area (Å²) in [5, 5.41) is 15.3. The van der Waals surface area contributed by atoms with Crippen molar-refractivity contribution in [1.82, 2.24) is 25.0 Å². The van der Waals surface area contributed by atoms with Gasteiger partial charge < -0.3 is 0 Å². The van der Waals surface area contributed by atoms with Gasteiger partial charge in [0.1, 0.15) is 5.56 Å². The third kappa shape index (κ3) is 2.63. The Morgan fingerprint density at radius 3 is 2.69 bits per heavy atom. The van der Waals surface area contributed by atoms with E-state index in [1.54, 1.807) is 18.3 Å². The van der Waals surface area contributed by atoms with Crippen LogP contribution in [0.5, 0.6) is 0 Å². The second-order valence-electron chi connectivity index (χ2n) is 5.75. The fraction of sp³-hybridized carbons (Fsp3) is 0.0556. The van der Waals surface area contributed by atoms with Crippen LogP contribution in [0.1, 0.15) is 15.9 Å². The summed E-state index contributed by atoms with van der Waals surface area (Å²) in [6.07, 6.45) is 1.65. The van der Waals surface area contributed by atoms with Gasteiger partial charge in [0.2, 0.25) is 5.95 Å². The van der Waals surface area contributed by atoms with Gasteiger partial charge in [-0.25, -0.2) is 5.10 Å². The molecule has 4 rings (SSSR count). The zero-order valence-electron chi connectivity index (χ0n) is 13.8. The molecule has 1 amide bonds. The number of carbonyl (C=O) groups excluding carboxylic acids is 1. The van der Waals surface area contributed by atoms with Gasteiger partial charge >= 0.3 is 0 Å². The number of pyridine rings is 2. The molecule has 3 aromatic heterocycles. The van der Waals surface area contributed by atoms with Gasteiger partial charge in [-0.1, -0.05) is 35.4 Å². The smallest absolute Gasteiger partial charge is 0.267 e. The van der Waals surface area contributed by atoms with E-state index in [4.69, 9.17) is 0 Å². The number of aromatic nitrogens is 5. The third-order valence-corrected chi connectivity index (χ3v) is 4.13. The van der Waals surface area contributed by atoms with Crippen LogP contribution in [0.15, 0.2) is 59.5 Å². The Bertz CT molecular complexity index is 1160. The van der Waals surface area contributed by atoms with E-state index in [9.17, 15) is 9.59 Å². The average molecular weight is 346 g/mol. The fourth-order valence-electron chi connectivity index (χ4n) is 2.89. The van der Waals surface area contributed by atoms with Crippen LogP contribution in [-0.4, -0.2) is 30.9 Å². The summed E-state index contributed by atoms with van der Waals surface area (Å²) in [6.45, 7) is 1.99. The number of hydrogen-bond acceptors (Lipinski definition) is 5. The van der Waals surface area contributed by atoms with E-state index in [2.05, 4.69) is 25.9 Å². The molecule has 0 radical (unpaired) electrons. The van der Waals surface area contributed by atoms with Crippen molar-refractivity contribution < 1.29 is 4.79 Å². The number of H-pyrrole nitrogens is 1. The number of carbonyl (C=O) groups is 1. The van der Waals surface area contributed by atoms with Crippen LogP contribution in [0.25, 0.3) is 16.6 Å². The number of amides is 1. The monoisotopic (exact) mass is 346 g/mol. The lowest BCUT2D eigenvalue weighted by atomic mass is 9.98. The molecule has 128 valence electrons. The van der Waals surface area contributed by atoms with Crippen LogP contribution in [-0.2, 0) is 0 Å².